The van der Waals surface area contributed by atoms with Crippen molar-refractivity contribution in [2.45, 2.75) is 0 Å². The monoisotopic (exact) mass is 788 g/mol. The van der Waals surface area contributed by atoms with Crippen LogP contribution in [0.2, 0.25) is 0 Å². The number of hydrogen-bond donors (Lipinski definition) is 0. The maximum Gasteiger partial charge on any atom is 0.0547 e. The summed E-state index contributed by atoms with van der Waals surface area (Å²) in [5, 5.41) is 5.06. The molecule has 2 nitrogen and oxygen atoms in total. The summed E-state index contributed by atoms with van der Waals surface area (Å²) in [5.74, 6) is 0. The molecule has 0 radical (unpaired) electrons. The van der Waals surface area contributed by atoms with Gasteiger partial charge in [0.2, 0.25) is 0 Å². The van der Waals surface area contributed by atoms with Gasteiger partial charge < -0.3 is 9.13 Å². The van der Waals surface area contributed by atoms with Crippen molar-refractivity contribution in [3.63, 3.8) is 0 Å². The molecule has 2 heteroatoms. The molecule has 0 aliphatic heterocycles. The number of rotatable bonds is 7. The Bertz CT molecular complexity index is 3380. The second-order valence-corrected chi connectivity index (χ2v) is 16.1. The molecule has 2 aromatic heterocycles. The van der Waals surface area contributed by atoms with Gasteiger partial charge in [-0.1, -0.05) is 170 Å². The van der Waals surface area contributed by atoms with Crippen LogP contribution in [0, 0.1) is 0 Å². The molecule has 0 amide bonds. The first-order chi connectivity index (χ1) is 30.8. The Kier molecular flexibility index (Phi) is 8.53. The maximum atomic E-state index is 2.39. The zero-order chi connectivity index (χ0) is 41.0. The highest BCUT2D eigenvalue weighted by Gasteiger charge is 2.18. The number of hydrogen-bond acceptors (Lipinski definition) is 0. The standard InChI is InChI=1S/C60H40N2/c1-3-25-49(26-4-1)61-55-33-9-7-29-53(55)59-51(31-15-35-57(59)61)47-23-13-21-45(39-47)43-19-11-17-41(37-43)42-18-12-20-44(38-42)46-22-14-24-48(40-46)52-32-16-36-58-60(52)54-30-8-10-34-56(54)62(58)50-27-5-2-6-28-50/h1-40H. The van der Waals surface area contributed by atoms with Crippen LogP contribution in [0.3, 0.4) is 0 Å². The van der Waals surface area contributed by atoms with Gasteiger partial charge in [0, 0.05) is 32.9 Å². The highest BCUT2D eigenvalue weighted by Crippen LogP contribution is 2.42. The summed E-state index contributed by atoms with van der Waals surface area (Å²) in [4.78, 5) is 0. The van der Waals surface area contributed by atoms with Crippen LogP contribution in [0.1, 0.15) is 0 Å². The predicted molar refractivity (Wildman–Crippen MR) is 262 cm³/mol. The minimum absolute atomic E-state index is 1.17. The van der Waals surface area contributed by atoms with Gasteiger partial charge >= 0.3 is 0 Å². The third-order valence-corrected chi connectivity index (χ3v) is 12.5. The van der Waals surface area contributed by atoms with Crippen LogP contribution in [-0.2, 0) is 0 Å². The van der Waals surface area contributed by atoms with Crippen molar-refractivity contribution >= 4 is 43.6 Å². The third-order valence-electron chi connectivity index (χ3n) is 12.5. The number of nitrogens with zero attached hydrogens (tertiary/aromatic N) is 2. The lowest BCUT2D eigenvalue weighted by Gasteiger charge is -2.12. The van der Waals surface area contributed by atoms with Gasteiger partial charge in [-0.15, -0.1) is 0 Å². The van der Waals surface area contributed by atoms with E-state index in [9.17, 15) is 0 Å². The third kappa shape index (κ3) is 5.96. The Morgan fingerprint density at radius 3 is 0.887 bits per heavy atom. The van der Waals surface area contributed by atoms with Crippen LogP contribution in [0.25, 0.3) is 111 Å². The van der Waals surface area contributed by atoms with Gasteiger partial charge in [-0.05, 0) is 128 Å². The molecule has 0 spiro atoms. The van der Waals surface area contributed by atoms with E-state index in [1.807, 2.05) is 0 Å². The molecule has 10 aromatic carbocycles. The van der Waals surface area contributed by atoms with Crippen LogP contribution in [0.15, 0.2) is 243 Å². The van der Waals surface area contributed by atoms with Crippen LogP contribution >= 0.6 is 0 Å². The van der Waals surface area contributed by atoms with Crippen molar-refractivity contribution in [2.24, 2.45) is 0 Å². The molecular formula is C60H40N2. The number of para-hydroxylation sites is 4. The van der Waals surface area contributed by atoms with E-state index in [0.29, 0.717) is 0 Å². The Labute approximate surface area is 360 Å². The fourth-order valence-corrected chi connectivity index (χ4v) is 9.72. The second kappa shape index (κ2) is 14.8. The molecule has 0 atom stereocenters. The molecule has 2 heterocycles. The lowest BCUT2D eigenvalue weighted by atomic mass is 9.93. The lowest BCUT2D eigenvalue weighted by Crippen LogP contribution is -1.92. The number of fused-ring (bicyclic) bond motifs is 6. The average molecular weight is 789 g/mol. The number of benzene rings is 10. The summed E-state index contributed by atoms with van der Waals surface area (Å²) in [6.45, 7) is 0. The van der Waals surface area contributed by atoms with E-state index in [0.717, 1.165) is 0 Å². The zero-order valence-corrected chi connectivity index (χ0v) is 34.0. The summed E-state index contributed by atoms with van der Waals surface area (Å²) < 4.78 is 4.77. The van der Waals surface area contributed by atoms with E-state index in [2.05, 4.69) is 252 Å². The smallest absolute Gasteiger partial charge is 0.0547 e. The molecule has 290 valence electrons. The van der Waals surface area contributed by atoms with Gasteiger partial charge in [-0.2, -0.15) is 0 Å². The SMILES string of the molecule is c1ccc(-n2c3ccccc3c3c(-c4cccc(-c5cccc(-c6cccc(-c7cccc(-c8cccc9c8c8ccccc8n9-c8ccccc8)c7)c6)c5)c4)cccc32)cc1. The summed E-state index contributed by atoms with van der Waals surface area (Å²) in [6.07, 6.45) is 0. The van der Waals surface area contributed by atoms with E-state index in [1.165, 1.54) is 111 Å². The molecule has 0 N–H and O–H groups in total. The van der Waals surface area contributed by atoms with Crippen molar-refractivity contribution in [3.8, 4) is 67.0 Å². The van der Waals surface area contributed by atoms with Crippen LogP contribution in [0.4, 0.5) is 0 Å². The summed E-state index contributed by atoms with van der Waals surface area (Å²) in [6, 6.07) is 88.3. The molecule has 0 aliphatic rings. The first-order valence-corrected chi connectivity index (χ1v) is 21.3. The van der Waals surface area contributed by atoms with Crippen molar-refractivity contribution in [3.05, 3.63) is 243 Å². The highest BCUT2D eigenvalue weighted by atomic mass is 15.0. The molecule has 0 saturated carbocycles. The van der Waals surface area contributed by atoms with E-state index < -0.39 is 0 Å². The summed E-state index contributed by atoms with van der Waals surface area (Å²) >= 11 is 0. The quantitative estimate of drug-likeness (QED) is 0.152. The van der Waals surface area contributed by atoms with E-state index in [4.69, 9.17) is 0 Å². The molecule has 12 aromatic rings. The van der Waals surface area contributed by atoms with Crippen molar-refractivity contribution in [1.29, 1.82) is 0 Å². The Balaban J connectivity index is 0.904. The van der Waals surface area contributed by atoms with Crippen LogP contribution < -0.4 is 0 Å². The maximum absolute atomic E-state index is 2.39. The van der Waals surface area contributed by atoms with Crippen molar-refractivity contribution in [2.75, 3.05) is 0 Å². The molecule has 0 aliphatic carbocycles. The van der Waals surface area contributed by atoms with Crippen LogP contribution in [0.5, 0.6) is 0 Å². The highest BCUT2D eigenvalue weighted by molar-refractivity contribution is 6.17. The number of aromatic nitrogens is 2. The Hall–Kier alpha value is -8.20. The van der Waals surface area contributed by atoms with Crippen molar-refractivity contribution < 1.29 is 0 Å². The molecule has 62 heavy (non-hydrogen) atoms. The summed E-state index contributed by atoms with van der Waals surface area (Å²) in [7, 11) is 0. The second-order valence-electron chi connectivity index (χ2n) is 16.1. The first-order valence-electron chi connectivity index (χ1n) is 21.3. The molecule has 0 unspecified atom stereocenters. The Morgan fingerprint density at radius 2 is 0.500 bits per heavy atom. The average Bonchev–Trinajstić information content (AvgIpc) is 3.88. The predicted octanol–water partition coefficient (Wildman–Crippen LogP) is 16.2. The van der Waals surface area contributed by atoms with E-state index >= 15 is 0 Å². The molecule has 0 bridgehead atoms. The fraction of sp³-hybridized carbons (Fsp3) is 0. The van der Waals surface area contributed by atoms with Gasteiger partial charge in [0.25, 0.3) is 0 Å². The molecule has 0 fully saturated rings. The Morgan fingerprint density at radius 1 is 0.210 bits per heavy atom. The van der Waals surface area contributed by atoms with Gasteiger partial charge in [0.15, 0.2) is 0 Å². The van der Waals surface area contributed by atoms with Gasteiger partial charge in [-0.3, -0.25) is 0 Å². The summed E-state index contributed by atoms with van der Waals surface area (Å²) in [5.41, 5.74) is 19.2. The minimum Gasteiger partial charge on any atom is -0.309 e. The van der Waals surface area contributed by atoms with Crippen molar-refractivity contribution in [1.82, 2.24) is 9.13 Å². The molecular weight excluding hydrogens is 749 g/mol. The van der Waals surface area contributed by atoms with Gasteiger partial charge in [-0.25, -0.2) is 0 Å². The van der Waals surface area contributed by atoms with Crippen LogP contribution in [-0.4, -0.2) is 9.13 Å². The largest absolute Gasteiger partial charge is 0.309 e. The minimum atomic E-state index is 1.17. The lowest BCUT2D eigenvalue weighted by molar-refractivity contribution is 1.18. The topological polar surface area (TPSA) is 9.86 Å². The molecule has 12 rings (SSSR count). The normalized spacial score (nSPS) is 11.5. The van der Waals surface area contributed by atoms with E-state index in [-0.39, 0.29) is 0 Å². The molecule has 0 saturated heterocycles. The van der Waals surface area contributed by atoms with Gasteiger partial charge in [0.1, 0.15) is 0 Å². The fourth-order valence-electron chi connectivity index (χ4n) is 9.72. The van der Waals surface area contributed by atoms with E-state index in [1.54, 1.807) is 0 Å². The van der Waals surface area contributed by atoms with Gasteiger partial charge in [0.05, 0.1) is 22.1 Å². The zero-order valence-electron chi connectivity index (χ0n) is 34.0. The first kappa shape index (κ1) is 35.7.